The highest BCUT2D eigenvalue weighted by Crippen LogP contribution is 2.27. The van der Waals surface area contributed by atoms with E-state index in [1.165, 1.54) is 15.9 Å². The molecule has 9 heteroatoms. The maximum absolute atomic E-state index is 12.8. The van der Waals surface area contributed by atoms with Crippen LogP contribution in [0.4, 0.5) is 0 Å². The van der Waals surface area contributed by atoms with Gasteiger partial charge < -0.3 is 0 Å². The molecule has 0 atom stereocenters. The van der Waals surface area contributed by atoms with Gasteiger partial charge in [-0.1, -0.05) is 18.2 Å². The number of aromatic nitrogens is 6. The van der Waals surface area contributed by atoms with Crippen molar-refractivity contribution in [1.29, 1.82) is 0 Å². The maximum Gasteiger partial charge on any atom is 0.292 e. The molecule has 0 aliphatic rings. The lowest BCUT2D eigenvalue weighted by molar-refractivity contribution is 0.911. The van der Waals surface area contributed by atoms with Crippen molar-refractivity contribution in [3.8, 4) is 5.69 Å². The summed E-state index contributed by atoms with van der Waals surface area (Å²) < 4.78 is 4.01. The standard InChI is InChI=1S/C15H8N6OS2/c22-13-11-9(10-12(24-11)17-7-6-16-10)18-14-20(15(23)19-21(13)14)8-4-2-1-3-5-8/h1-7H,(H,19,23). The number of hydrogen-bond donors (Lipinski definition) is 1. The number of aromatic amines is 1. The summed E-state index contributed by atoms with van der Waals surface area (Å²) in [6, 6.07) is 9.55. The number of thiophene rings is 1. The minimum Gasteiger partial charge on any atom is -0.266 e. The van der Waals surface area contributed by atoms with E-state index in [1.54, 1.807) is 17.0 Å². The second kappa shape index (κ2) is 4.79. The number of rotatable bonds is 1. The SMILES string of the molecule is O=c1c2sc3nccnc3c2nc2n(-c3ccccc3)c(=S)[nH]n12. The molecule has 5 aromatic rings. The van der Waals surface area contributed by atoms with E-state index in [0.29, 0.717) is 31.1 Å². The molecule has 0 saturated heterocycles. The van der Waals surface area contributed by atoms with E-state index in [4.69, 9.17) is 12.2 Å². The van der Waals surface area contributed by atoms with E-state index in [0.717, 1.165) is 5.69 Å². The van der Waals surface area contributed by atoms with Crippen LogP contribution in [0.5, 0.6) is 0 Å². The Morgan fingerprint density at radius 2 is 1.88 bits per heavy atom. The number of nitrogens with zero attached hydrogens (tertiary/aromatic N) is 5. The molecule has 0 aliphatic carbocycles. The van der Waals surface area contributed by atoms with Gasteiger partial charge in [0.2, 0.25) is 5.78 Å². The van der Waals surface area contributed by atoms with Gasteiger partial charge in [0.1, 0.15) is 20.6 Å². The molecule has 1 N–H and O–H groups in total. The van der Waals surface area contributed by atoms with Crippen molar-refractivity contribution in [2.75, 3.05) is 0 Å². The largest absolute Gasteiger partial charge is 0.292 e. The quantitative estimate of drug-likeness (QED) is 0.469. The number of nitrogens with one attached hydrogen (secondary N) is 1. The summed E-state index contributed by atoms with van der Waals surface area (Å²) in [5.74, 6) is 0.425. The summed E-state index contributed by atoms with van der Waals surface area (Å²) >= 11 is 6.67. The van der Waals surface area contributed by atoms with Crippen LogP contribution in [0.1, 0.15) is 0 Å². The van der Waals surface area contributed by atoms with Crippen LogP contribution in [0.2, 0.25) is 0 Å². The highest BCUT2D eigenvalue weighted by atomic mass is 32.1. The Morgan fingerprint density at radius 1 is 1.08 bits per heavy atom. The fraction of sp³-hybridized carbons (Fsp3) is 0. The molecule has 5 rings (SSSR count). The van der Waals surface area contributed by atoms with Crippen LogP contribution in [-0.4, -0.2) is 29.1 Å². The first kappa shape index (κ1) is 13.5. The zero-order valence-electron chi connectivity index (χ0n) is 12.0. The number of hydrogen-bond acceptors (Lipinski definition) is 6. The Hall–Kier alpha value is -2.91. The van der Waals surface area contributed by atoms with E-state index in [2.05, 4.69) is 20.1 Å². The Bertz CT molecular complexity index is 1350. The lowest BCUT2D eigenvalue weighted by atomic mass is 10.3. The first-order valence-corrected chi connectivity index (χ1v) is 8.29. The number of H-pyrrole nitrogens is 1. The van der Waals surface area contributed by atoms with Gasteiger partial charge in [0, 0.05) is 12.4 Å². The molecule has 0 amide bonds. The molecule has 1 aromatic carbocycles. The molecule has 0 bridgehead atoms. The van der Waals surface area contributed by atoms with Crippen LogP contribution in [0.15, 0.2) is 47.5 Å². The van der Waals surface area contributed by atoms with Gasteiger partial charge in [0.25, 0.3) is 5.56 Å². The zero-order valence-corrected chi connectivity index (χ0v) is 13.6. The smallest absolute Gasteiger partial charge is 0.266 e. The minimum absolute atomic E-state index is 0.208. The van der Waals surface area contributed by atoms with Crippen LogP contribution < -0.4 is 5.56 Å². The van der Waals surface area contributed by atoms with Crippen LogP contribution in [0.3, 0.4) is 0 Å². The predicted molar refractivity (Wildman–Crippen MR) is 94.5 cm³/mol. The van der Waals surface area contributed by atoms with Crippen LogP contribution in [-0.2, 0) is 0 Å². The maximum atomic E-state index is 12.8. The van der Waals surface area contributed by atoms with Gasteiger partial charge in [0.05, 0.1) is 5.69 Å². The highest BCUT2D eigenvalue weighted by Gasteiger charge is 2.17. The Balaban J connectivity index is 2.01. The second-order valence-corrected chi connectivity index (χ2v) is 6.52. The average molecular weight is 352 g/mol. The van der Waals surface area contributed by atoms with E-state index < -0.39 is 0 Å². The molecule has 0 fully saturated rings. The van der Waals surface area contributed by atoms with Crippen molar-refractivity contribution < 1.29 is 0 Å². The van der Waals surface area contributed by atoms with Crippen molar-refractivity contribution >= 4 is 49.9 Å². The van der Waals surface area contributed by atoms with E-state index in [9.17, 15) is 4.79 Å². The Kier molecular flexibility index (Phi) is 2.70. The fourth-order valence-electron chi connectivity index (χ4n) is 2.70. The third-order valence-electron chi connectivity index (χ3n) is 3.74. The lowest BCUT2D eigenvalue weighted by Gasteiger charge is -2.02. The van der Waals surface area contributed by atoms with Gasteiger partial charge in [-0.05, 0) is 24.4 Å². The normalized spacial score (nSPS) is 11.7. The summed E-state index contributed by atoms with van der Waals surface area (Å²) in [5, 5.41) is 2.92. The molecule has 0 aliphatic heterocycles. The zero-order chi connectivity index (χ0) is 16.3. The van der Waals surface area contributed by atoms with Crippen LogP contribution in [0.25, 0.3) is 32.0 Å². The van der Waals surface area contributed by atoms with Crippen molar-refractivity contribution in [1.82, 2.24) is 29.1 Å². The summed E-state index contributed by atoms with van der Waals surface area (Å²) in [4.78, 5) is 26.8. The van der Waals surface area contributed by atoms with Crippen molar-refractivity contribution in [2.45, 2.75) is 0 Å². The summed E-state index contributed by atoms with van der Waals surface area (Å²) in [7, 11) is 0. The van der Waals surface area contributed by atoms with E-state index in [1.807, 2.05) is 30.3 Å². The number of para-hydroxylation sites is 1. The summed E-state index contributed by atoms with van der Waals surface area (Å²) in [6.45, 7) is 0. The van der Waals surface area contributed by atoms with Crippen molar-refractivity contribution in [3.63, 3.8) is 0 Å². The number of benzene rings is 1. The van der Waals surface area contributed by atoms with Gasteiger partial charge in [-0.2, -0.15) is 4.52 Å². The van der Waals surface area contributed by atoms with Gasteiger partial charge in [0.15, 0.2) is 4.77 Å². The molecular formula is C15H8N6OS2. The predicted octanol–water partition coefficient (Wildman–Crippen LogP) is 2.70. The van der Waals surface area contributed by atoms with Crippen LogP contribution >= 0.6 is 23.6 Å². The summed E-state index contributed by atoms with van der Waals surface area (Å²) in [6.07, 6.45) is 3.20. The Labute approximate surface area is 142 Å². The molecule has 4 heterocycles. The van der Waals surface area contributed by atoms with Gasteiger partial charge in [-0.25, -0.2) is 15.0 Å². The van der Waals surface area contributed by atoms with E-state index >= 15 is 0 Å². The van der Waals surface area contributed by atoms with Gasteiger partial charge >= 0.3 is 0 Å². The monoisotopic (exact) mass is 352 g/mol. The van der Waals surface area contributed by atoms with Crippen molar-refractivity contribution in [2.24, 2.45) is 0 Å². The van der Waals surface area contributed by atoms with Crippen molar-refractivity contribution in [3.05, 3.63) is 57.9 Å². The average Bonchev–Trinajstić information content (AvgIpc) is 3.14. The molecule has 7 nitrogen and oxygen atoms in total. The first-order valence-electron chi connectivity index (χ1n) is 7.06. The highest BCUT2D eigenvalue weighted by molar-refractivity contribution is 7.71. The minimum atomic E-state index is -0.208. The fourth-order valence-corrected chi connectivity index (χ4v) is 3.95. The molecule has 0 unspecified atom stereocenters. The molecule has 116 valence electrons. The molecular weight excluding hydrogens is 344 g/mol. The molecule has 0 saturated carbocycles. The molecule has 0 spiro atoms. The van der Waals surface area contributed by atoms with Gasteiger partial charge in [-0.3, -0.25) is 14.5 Å². The van der Waals surface area contributed by atoms with Gasteiger partial charge in [-0.15, -0.1) is 11.3 Å². The summed E-state index contributed by atoms with van der Waals surface area (Å²) in [5.41, 5.74) is 1.80. The lowest BCUT2D eigenvalue weighted by Crippen LogP contribution is -2.15. The first-order chi connectivity index (χ1) is 11.7. The van der Waals surface area contributed by atoms with Crippen LogP contribution in [0, 0.1) is 4.77 Å². The molecule has 4 aromatic heterocycles. The molecule has 0 radical (unpaired) electrons. The van der Waals surface area contributed by atoms with E-state index in [-0.39, 0.29) is 5.56 Å². The second-order valence-electron chi connectivity index (χ2n) is 5.13. The number of fused-ring (bicyclic) bond motifs is 4. The third-order valence-corrected chi connectivity index (χ3v) is 5.07. The topological polar surface area (TPSA) is 80.9 Å². The third kappa shape index (κ3) is 1.73. The Morgan fingerprint density at radius 3 is 2.71 bits per heavy atom. The molecule has 24 heavy (non-hydrogen) atoms.